The van der Waals surface area contributed by atoms with E-state index in [9.17, 15) is 0 Å². The van der Waals surface area contributed by atoms with Crippen molar-refractivity contribution in [1.82, 2.24) is 20.1 Å². The summed E-state index contributed by atoms with van der Waals surface area (Å²) in [4.78, 5) is 3.92. The highest BCUT2D eigenvalue weighted by molar-refractivity contribution is 6.35. The zero-order valence-corrected chi connectivity index (χ0v) is 12.3. The Morgan fingerprint density at radius 3 is 2.95 bits per heavy atom. The fraction of sp³-hybridized carbons (Fsp3) is 0.385. The van der Waals surface area contributed by atoms with Crippen molar-refractivity contribution in [3.8, 4) is 0 Å². The minimum Gasteiger partial charge on any atom is -0.352 e. The second-order valence-corrected chi connectivity index (χ2v) is 5.63. The Labute approximate surface area is 126 Å². The number of nitrogens with zero attached hydrogens (tertiary/aromatic N) is 3. The van der Waals surface area contributed by atoms with Crippen LogP contribution in [0.2, 0.25) is 10.0 Å². The van der Waals surface area contributed by atoms with Gasteiger partial charge in [0.25, 0.3) is 0 Å². The Kier molecular flexibility index (Phi) is 3.94. The lowest BCUT2D eigenvalue weighted by molar-refractivity contribution is 0.0254. The van der Waals surface area contributed by atoms with E-state index in [1.54, 1.807) is 17.1 Å². The first-order chi connectivity index (χ1) is 9.63. The SMILES string of the molecule is CC1NC(Cn2cncn2)OC1c1ccc(Cl)cc1Cl. The maximum atomic E-state index is 6.25. The molecule has 0 amide bonds. The summed E-state index contributed by atoms with van der Waals surface area (Å²) in [6.07, 6.45) is 2.95. The van der Waals surface area contributed by atoms with Gasteiger partial charge in [-0.15, -0.1) is 0 Å². The van der Waals surface area contributed by atoms with E-state index < -0.39 is 0 Å². The van der Waals surface area contributed by atoms with Gasteiger partial charge in [0, 0.05) is 21.7 Å². The Balaban J connectivity index is 1.75. The topological polar surface area (TPSA) is 52.0 Å². The van der Waals surface area contributed by atoms with Crippen molar-refractivity contribution >= 4 is 23.2 Å². The van der Waals surface area contributed by atoms with Crippen LogP contribution in [0.4, 0.5) is 0 Å². The molecule has 5 nitrogen and oxygen atoms in total. The first kappa shape index (κ1) is 13.8. The van der Waals surface area contributed by atoms with E-state index in [1.165, 1.54) is 6.33 Å². The Bertz CT molecular complexity index is 590. The van der Waals surface area contributed by atoms with Crippen molar-refractivity contribution in [1.29, 1.82) is 0 Å². The van der Waals surface area contributed by atoms with Gasteiger partial charge in [-0.2, -0.15) is 5.10 Å². The highest BCUT2D eigenvalue weighted by atomic mass is 35.5. The van der Waals surface area contributed by atoms with Gasteiger partial charge in [-0.25, -0.2) is 9.67 Å². The number of aromatic nitrogens is 3. The third kappa shape index (κ3) is 2.81. The highest BCUT2D eigenvalue weighted by Gasteiger charge is 2.34. The van der Waals surface area contributed by atoms with Crippen LogP contribution < -0.4 is 5.32 Å². The first-order valence-corrected chi connectivity index (χ1v) is 7.08. The monoisotopic (exact) mass is 312 g/mol. The summed E-state index contributed by atoms with van der Waals surface area (Å²) in [6.45, 7) is 2.67. The highest BCUT2D eigenvalue weighted by Crippen LogP contribution is 2.34. The normalized spacial score (nSPS) is 26.1. The number of ether oxygens (including phenoxy) is 1. The van der Waals surface area contributed by atoms with Gasteiger partial charge in [0.05, 0.1) is 6.54 Å². The van der Waals surface area contributed by atoms with Crippen LogP contribution in [-0.4, -0.2) is 27.0 Å². The number of halogens is 2. The molecule has 1 aliphatic rings. The molecular weight excluding hydrogens is 299 g/mol. The number of nitrogens with one attached hydrogen (secondary N) is 1. The fourth-order valence-corrected chi connectivity index (χ4v) is 2.90. The van der Waals surface area contributed by atoms with Gasteiger partial charge in [-0.05, 0) is 19.1 Å². The van der Waals surface area contributed by atoms with Crippen LogP contribution in [-0.2, 0) is 11.3 Å². The van der Waals surface area contributed by atoms with E-state index in [0.717, 1.165) is 5.56 Å². The number of hydrogen-bond donors (Lipinski definition) is 1. The molecule has 0 bridgehead atoms. The lowest BCUT2D eigenvalue weighted by atomic mass is 10.0. The number of rotatable bonds is 3. The van der Waals surface area contributed by atoms with Crippen LogP contribution >= 0.6 is 23.2 Å². The summed E-state index contributed by atoms with van der Waals surface area (Å²) >= 11 is 12.2. The van der Waals surface area contributed by atoms with Crippen LogP contribution in [0.3, 0.4) is 0 Å². The van der Waals surface area contributed by atoms with Crippen molar-refractivity contribution in [2.24, 2.45) is 0 Å². The molecule has 3 unspecified atom stereocenters. The van der Waals surface area contributed by atoms with E-state index >= 15 is 0 Å². The second kappa shape index (κ2) is 5.69. The maximum absolute atomic E-state index is 6.25. The first-order valence-electron chi connectivity index (χ1n) is 6.32. The largest absolute Gasteiger partial charge is 0.352 e. The van der Waals surface area contributed by atoms with Crippen LogP contribution in [0.5, 0.6) is 0 Å². The van der Waals surface area contributed by atoms with Crippen LogP contribution in [0.25, 0.3) is 0 Å². The summed E-state index contributed by atoms with van der Waals surface area (Å²) in [5, 5.41) is 8.70. The molecule has 7 heteroatoms. The summed E-state index contributed by atoms with van der Waals surface area (Å²) < 4.78 is 7.76. The molecular formula is C13H14Cl2N4O. The molecule has 20 heavy (non-hydrogen) atoms. The summed E-state index contributed by atoms with van der Waals surface area (Å²) in [5.74, 6) is 0. The smallest absolute Gasteiger partial charge is 0.137 e. The third-order valence-electron chi connectivity index (χ3n) is 3.30. The van der Waals surface area contributed by atoms with Gasteiger partial charge in [-0.1, -0.05) is 29.3 Å². The molecule has 1 N–H and O–H groups in total. The molecule has 1 aromatic carbocycles. The summed E-state index contributed by atoms with van der Waals surface area (Å²) in [6, 6.07) is 5.62. The van der Waals surface area contributed by atoms with Gasteiger partial charge < -0.3 is 4.74 Å². The Morgan fingerprint density at radius 2 is 2.25 bits per heavy atom. The predicted molar refractivity (Wildman–Crippen MR) is 76.7 cm³/mol. The molecule has 1 aliphatic heterocycles. The van der Waals surface area contributed by atoms with Crippen molar-refractivity contribution in [2.75, 3.05) is 0 Å². The van der Waals surface area contributed by atoms with Gasteiger partial charge in [0.1, 0.15) is 25.0 Å². The third-order valence-corrected chi connectivity index (χ3v) is 3.86. The van der Waals surface area contributed by atoms with Gasteiger partial charge in [0.15, 0.2) is 0 Å². The molecule has 1 fully saturated rings. The molecule has 2 heterocycles. The van der Waals surface area contributed by atoms with Crippen LogP contribution in [0.1, 0.15) is 18.6 Å². The molecule has 2 aromatic rings. The molecule has 0 radical (unpaired) electrons. The number of hydrogen-bond acceptors (Lipinski definition) is 4. The Hall–Kier alpha value is -1.14. The van der Waals surface area contributed by atoms with E-state index in [0.29, 0.717) is 16.6 Å². The standard InChI is InChI=1S/C13H14Cl2N4O/c1-8-13(10-3-2-9(14)4-11(10)15)20-12(18-8)5-19-7-16-6-17-19/h2-4,6-8,12-13,18H,5H2,1H3. The molecule has 1 aromatic heterocycles. The lowest BCUT2D eigenvalue weighted by Crippen LogP contribution is -2.32. The Morgan fingerprint density at radius 1 is 1.40 bits per heavy atom. The van der Waals surface area contributed by atoms with Crippen molar-refractivity contribution in [3.63, 3.8) is 0 Å². The second-order valence-electron chi connectivity index (χ2n) is 4.78. The fourth-order valence-electron chi connectivity index (χ4n) is 2.38. The van der Waals surface area contributed by atoms with E-state index in [4.69, 9.17) is 27.9 Å². The quantitative estimate of drug-likeness (QED) is 0.946. The molecule has 1 saturated heterocycles. The van der Waals surface area contributed by atoms with Crippen LogP contribution in [0, 0.1) is 0 Å². The van der Waals surface area contributed by atoms with E-state index in [-0.39, 0.29) is 18.4 Å². The molecule has 0 aliphatic carbocycles. The van der Waals surface area contributed by atoms with Gasteiger partial charge in [-0.3, -0.25) is 5.32 Å². The minimum absolute atomic E-state index is 0.103. The summed E-state index contributed by atoms with van der Waals surface area (Å²) in [7, 11) is 0. The molecule has 0 saturated carbocycles. The molecule has 3 atom stereocenters. The van der Waals surface area contributed by atoms with Crippen molar-refractivity contribution < 1.29 is 4.74 Å². The van der Waals surface area contributed by atoms with Crippen molar-refractivity contribution in [3.05, 3.63) is 46.5 Å². The van der Waals surface area contributed by atoms with Crippen LogP contribution in [0.15, 0.2) is 30.9 Å². The van der Waals surface area contributed by atoms with Gasteiger partial charge >= 0.3 is 0 Å². The molecule has 3 rings (SSSR count). The van der Waals surface area contributed by atoms with E-state index in [1.807, 2.05) is 12.1 Å². The zero-order valence-electron chi connectivity index (χ0n) is 10.8. The molecule has 0 spiro atoms. The summed E-state index contributed by atoms with van der Waals surface area (Å²) in [5.41, 5.74) is 0.942. The van der Waals surface area contributed by atoms with E-state index in [2.05, 4.69) is 22.3 Å². The van der Waals surface area contributed by atoms with Gasteiger partial charge in [0.2, 0.25) is 0 Å². The lowest BCUT2D eigenvalue weighted by Gasteiger charge is -2.16. The average molecular weight is 313 g/mol. The molecule has 106 valence electrons. The number of benzene rings is 1. The average Bonchev–Trinajstić information content (AvgIpc) is 3.00. The minimum atomic E-state index is -0.122. The maximum Gasteiger partial charge on any atom is 0.137 e. The van der Waals surface area contributed by atoms with Crippen molar-refractivity contribution in [2.45, 2.75) is 31.8 Å². The predicted octanol–water partition coefficient (Wildman–Crippen LogP) is 2.66. The zero-order chi connectivity index (χ0) is 14.1.